The topological polar surface area (TPSA) is 41.6 Å². The van der Waals surface area contributed by atoms with Crippen LogP contribution in [0.4, 0.5) is 18.9 Å². The van der Waals surface area contributed by atoms with E-state index in [9.17, 15) is 18.0 Å². The molecule has 33 heavy (non-hydrogen) atoms. The first kappa shape index (κ1) is 24.2. The molecule has 0 spiro atoms. The summed E-state index contributed by atoms with van der Waals surface area (Å²) in [6, 6.07) is 21.6. The van der Waals surface area contributed by atoms with Crippen LogP contribution in [0.5, 0.6) is 5.75 Å². The van der Waals surface area contributed by atoms with Crippen molar-refractivity contribution in [1.82, 2.24) is 5.32 Å². The van der Waals surface area contributed by atoms with Gasteiger partial charge in [0.05, 0.1) is 18.4 Å². The minimum absolute atomic E-state index is 0.165. The van der Waals surface area contributed by atoms with E-state index in [2.05, 4.69) is 5.32 Å². The van der Waals surface area contributed by atoms with Gasteiger partial charge in [0.25, 0.3) is 0 Å². The number of para-hydroxylation sites is 2. The Morgan fingerprint density at radius 3 is 2.21 bits per heavy atom. The fourth-order valence-corrected chi connectivity index (χ4v) is 3.81. The monoisotopic (exact) mass is 456 g/mol. The van der Waals surface area contributed by atoms with Crippen molar-refractivity contribution in [3.8, 4) is 5.75 Å². The number of alkyl halides is 3. The Morgan fingerprint density at radius 1 is 0.970 bits per heavy atom. The standard InChI is InChI=1S/C26H27F3N2O2/c1-30-25(32)24(20-10-4-3-5-11-20)31(22-12-6-7-13-23(22)33-2)18-8-9-19-14-16-21(17-15-19)26(27,28)29/h3-7,10-17,24H,8-9,18H2,1-2H3,(H,30,32)/t24-/m1/s1. The average molecular weight is 457 g/mol. The van der Waals surface area contributed by atoms with E-state index in [-0.39, 0.29) is 5.91 Å². The molecule has 0 aromatic heterocycles. The van der Waals surface area contributed by atoms with E-state index in [1.54, 1.807) is 14.2 Å². The average Bonchev–Trinajstić information content (AvgIpc) is 2.83. The second-order valence-corrected chi connectivity index (χ2v) is 7.59. The van der Waals surface area contributed by atoms with Crippen molar-refractivity contribution in [3.63, 3.8) is 0 Å². The van der Waals surface area contributed by atoms with Crippen LogP contribution in [0.25, 0.3) is 0 Å². The number of aryl methyl sites for hydroxylation is 1. The number of nitrogens with one attached hydrogen (secondary N) is 1. The summed E-state index contributed by atoms with van der Waals surface area (Å²) in [5, 5.41) is 2.75. The summed E-state index contributed by atoms with van der Waals surface area (Å²) in [6.07, 6.45) is -3.15. The molecule has 3 aromatic carbocycles. The van der Waals surface area contributed by atoms with E-state index in [0.717, 1.165) is 28.9 Å². The maximum Gasteiger partial charge on any atom is 0.416 e. The predicted molar refractivity (Wildman–Crippen MR) is 123 cm³/mol. The number of amides is 1. The number of hydrogen-bond donors (Lipinski definition) is 1. The van der Waals surface area contributed by atoms with E-state index in [1.807, 2.05) is 59.5 Å². The molecule has 0 unspecified atom stereocenters. The van der Waals surface area contributed by atoms with Gasteiger partial charge in [-0.3, -0.25) is 4.79 Å². The van der Waals surface area contributed by atoms with Crippen LogP contribution in [0, 0.1) is 0 Å². The molecule has 174 valence electrons. The molecule has 1 amide bonds. The number of anilines is 1. The SMILES string of the molecule is CNC(=O)[C@@H](c1ccccc1)N(CCCc1ccc(C(F)(F)F)cc1)c1ccccc1OC. The van der Waals surface area contributed by atoms with Crippen LogP contribution in [0.15, 0.2) is 78.9 Å². The lowest BCUT2D eigenvalue weighted by Gasteiger charge is -2.34. The zero-order chi connectivity index (χ0) is 23.8. The van der Waals surface area contributed by atoms with Gasteiger partial charge < -0.3 is 15.0 Å². The van der Waals surface area contributed by atoms with Gasteiger partial charge in [0.15, 0.2) is 0 Å². The molecule has 7 heteroatoms. The third kappa shape index (κ3) is 6.06. The molecule has 3 rings (SSSR count). The molecule has 0 aliphatic carbocycles. The van der Waals surface area contributed by atoms with Crippen molar-refractivity contribution in [2.45, 2.75) is 25.1 Å². The maximum atomic E-state index is 13.0. The lowest BCUT2D eigenvalue weighted by Crippen LogP contribution is -2.40. The third-order valence-electron chi connectivity index (χ3n) is 5.46. The molecule has 3 aromatic rings. The Balaban J connectivity index is 1.88. The summed E-state index contributed by atoms with van der Waals surface area (Å²) in [5.74, 6) is 0.471. The minimum Gasteiger partial charge on any atom is -0.495 e. The van der Waals surface area contributed by atoms with Crippen molar-refractivity contribution >= 4 is 11.6 Å². The summed E-state index contributed by atoms with van der Waals surface area (Å²) in [6.45, 7) is 0.494. The van der Waals surface area contributed by atoms with Crippen LogP contribution in [0.2, 0.25) is 0 Å². The number of carbonyl (C=O) groups excluding carboxylic acids is 1. The highest BCUT2D eigenvalue weighted by Gasteiger charge is 2.30. The van der Waals surface area contributed by atoms with E-state index in [0.29, 0.717) is 25.1 Å². The normalized spacial score (nSPS) is 12.2. The minimum atomic E-state index is -4.35. The smallest absolute Gasteiger partial charge is 0.416 e. The van der Waals surface area contributed by atoms with Crippen LogP contribution in [-0.4, -0.2) is 26.6 Å². The van der Waals surface area contributed by atoms with E-state index >= 15 is 0 Å². The van der Waals surface area contributed by atoms with Gasteiger partial charge in [-0.15, -0.1) is 0 Å². The molecule has 0 saturated carbocycles. The fraction of sp³-hybridized carbons (Fsp3) is 0.269. The summed E-state index contributed by atoms with van der Waals surface area (Å²) in [4.78, 5) is 15.0. The number of benzene rings is 3. The fourth-order valence-electron chi connectivity index (χ4n) is 3.81. The molecule has 0 aliphatic heterocycles. The molecule has 0 heterocycles. The molecular weight excluding hydrogens is 429 g/mol. The molecule has 1 atom stereocenters. The first-order chi connectivity index (χ1) is 15.8. The van der Waals surface area contributed by atoms with Crippen molar-refractivity contribution in [2.75, 3.05) is 25.6 Å². The molecule has 0 fully saturated rings. The second-order valence-electron chi connectivity index (χ2n) is 7.59. The summed E-state index contributed by atoms with van der Waals surface area (Å²) in [7, 11) is 3.18. The lowest BCUT2D eigenvalue weighted by atomic mass is 10.0. The molecule has 0 saturated heterocycles. The Labute approximate surface area is 192 Å². The van der Waals surface area contributed by atoms with Crippen molar-refractivity contribution < 1.29 is 22.7 Å². The van der Waals surface area contributed by atoms with E-state index in [1.165, 1.54) is 12.1 Å². The summed E-state index contributed by atoms with van der Waals surface area (Å²) in [5.41, 5.74) is 1.74. The summed E-state index contributed by atoms with van der Waals surface area (Å²) < 4.78 is 44.1. The number of likely N-dealkylation sites (N-methyl/N-ethyl adjacent to an activating group) is 1. The number of methoxy groups -OCH3 is 1. The van der Waals surface area contributed by atoms with Gasteiger partial charge >= 0.3 is 6.18 Å². The van der Waals surface area contributed by atoms with Crippen LogP contribution in [0.3, 0.4) is 0 Å². The van der Waals surface area contributed by atoms with Crippen LogP contribution in [-0.2, 0) is 17.4 Å². The maximum absolute atomic E-state index is 13.0. The summed E-state index contributed by atoms with van der Waals surface area (Å²) >= 11 is 0. The van der Waals surface area contributed by atoms with Gasteiger partial charge in [-0.1, -0.05) is 54.6 Å². The van der Waals surface area contributed by atoms with Crippen molar-refractivity contribution in [3.05, 3.63) is 95.6 Å². The van der Waals surface area contributed by atoms with Gasteiger partial charge in [-0.25, -0.2) is 0 Å². The highest BCUT2D eigenvalue weighted by Crippen LogP contribution is 2.35. The largest absolute Gasteiger partial charge is 0.495 e. The lowest BCUT2D eigenvalue weighted by molar-refractivity contribution is -0.137. The second kappa shape index (κ2) is 10.9. The van der Waals surface area contributed by atoms with Gasteiger partial charge in [0.1, 0.15) is 11.8 Å². The quantitative estimate of drug-likeness (QED) is 0.453. The Bertz CT molecular complexity index is 1040. The predicted octanol–water partition coefficient (Wildman–Crippen LogP) is 5.64. The number of hydrogen-bond acceptors (Lipinski definition) is 3. The Hall–Kier alpha value is -3.48. The highest BCUT2D eigenvalue weighted by atomic mass is 19.4. The number of carbonyl (C=O) groups is 1. The molecule has 1 N–H and O–H groups in total. The van der Waals surface area contributed by atoms with Crippen LogP contribution in [0.1, 0.15) is 29.2 Å². The van der Waals surface area contributed by atoms with Gasteiger partial charge in [0, 0.05) is 13.6 Å². The first-order valence-electron chi connectivity index (χ1n) is 10.7. The van der Waals surface area contributed by atoms with E-state index < -0.39 is 17.8 Å². The molecule has 0 aliphatic rings. The number of halogens is 3. The molecule has 4 nitrogen and oxygen atoms in total. The first-order valence-corrected chi connectivity index (χ1v) is 10.7. The van der Waals surface area contributed by atoms with Gasteiger partial charge in [-0.05, 0) is 48.2 Å². The zero-order valence-corrected chi connectivity index (χ0v) is 18.6. The molecule has 0 bridgehead atoms. The number of rotatable bonds is 9. The van der Waals surface area contributed by atoms with Crippen molar-refractivity contribution in [1.29, 1.82) is 0 Å². The highest BCUT2D eigenvalue weighted by molar-refractivity contribution is 5.87. The Morgan fingerprint density at radius 2 is 1.61 bits per heavy atom. The molecular formula is C26H27F3N2O2. The Kier molecular flexibility index (Phi) is 7.98. The molecule has 0 radical (unpaired) electrons. The number of nitrogens with zero attached hydrogens (tertiary/aromatic N) is 1. The third-order valence-corrected chi connectivity index (χ3v) is 5.46. The van der Waals surface area contributed by atoms with Crippen molar-refractivity contribution in [2.24, 2.45) is 0 Å². The van der Waals surface area contributed by atoms with E-state index in [4.69, 9.17) is 4.74 Å². The number of ether oxygens (including phenoxy) is 1. The van der Waals surface area contributed by atoms with Crippen LogP contribution < -0.4 is 15.0 Å². The van der Waals surface area contributed by atoms with Gasteiger partial charge in [-0.2, -0.15) is 13.2 Å². The van der Waals surface area contributed by atoms with Crippen LogP contribution >= 0.6 is 0 Å². The zero-order valence-electron chi connectivity index (χ0n) is 18.6. The van der Waals surface area contributed by atoms with Gasteiger partial charge in [0.2, 0.25) is 5.91 Å².